The fraction of sp³-hybridized carbons (Fsp3) is 0.533. The second-order valence-corrected chi connectivity index (χ2v) is 11.2. The summed E-state index contributed by atoms with van der Waals surface area (Å²) in [6.45, 7) is 9.39. The van der Waals surface area contributed by atoms with Gasteiger partial charge in [-0.05, 0) is 24.8 Å². The molecule has 1 aromatic rings. The number of benzene rings is 1. The molecule has 0 N–H and O–H groups in total. The SMILES string of the molecule is CCOC(=O)C1CC1c1ccc([Si](C)(C)C)cc1. The first-order chi connectivity index (χ1) is 8.43. The summed E-state index contributed by atoms with van der Waals surface area (Å²) in [5.74, 6) is 0.458. The highest BCUT2D eigenvalue weighted by Crippen LogP contribution is 2.47. The van der Waals surface area contributed by atoms with Crippen LogP contribution in [-0.4, -0.2) is 20.7 Å². The van der Waals surface area contributed by atoms with Gasteiger partial charge in [-0.25, -0.2) is 0 Å². The van der Waals surface area contributed by atoms with Crippen molar-refractivity contribution in [3.63, 3.8) is 0 Å². The zero-order chi connectivity index (χ0) is 13.3. The number of rotatable bonds is 4. The predicted octanol–water partition coefficient (Wildman–Crippen LogP) is 2.90. The molecule has 2 atom stereocenters. The minimum Gasteiger partial charge on any atom is -0.466 e. The van der Waals surface area contributed by atoms with Gasteiger partial charge in [0.2, 0.25) is 0 Å². The van der Waals surface area contributed by atoms with Crippen LogP contribution in [-0.2, 0) is 9.53 Å². The second kappa shape index (κ2) is 4.88. The van der Waals surface area contributed by atoms with E-state index in [-0.39, 0.29) is 11.9 Å². The molecule has 0 saturated heterocycles. The molecular formula is C15H22O2Si. The number of carbonyl (C=O) groups excluding carboxylic acids is 1. The zero-order valence-electron chi connectivity index (χ0n) is 11.7. The summed E-state index contributed by atoms with van der Waals surface area (Å²) in [5, 5.41) is 1.47. The maximum absolute atomic E-state index is 11.6. The highest BCUT2D eigenvalue weighted by atomic mass is 28.3. The molecule has 0 heterocycles. The molecule has 1 saturated carbocycles. The molecule has 0 bridgehead atoms. The number of hydrogen-bond acceptors (Lipinski definition) is 2. The van der Waals surface area contributed by atoms with Crippen LogP contribution in [0.15, 0.2) is 24.3 Å². The molecule has 3 heteroatoms. The van der Waals surface area contributed by atoms with Crippen LogP contribution in [0.5, 0.6) is 0 Å². The molecule has 2 unspecified atom stereocenters. The van der Waals surface area contributed by atoms with Crippen molar-refractivity contribution >= 4 is 19.2 Å². The van der Waals surface area contributed by atoms with Crippen LogP contribution in [0.4, 0.5) is 0 Å². The first-order valence-corrected chi connectivity index (χ1v) is 10.2. The Kier molecular flexibility index (Phi) is 3.62. The third-order valence-corrected chi connectivity index (χ3v) is 5.65. The van der Waals surface area contributed by atoms with Crippen LogP contribution in [0.3, 0.4) is 0 Å². The maximum Gasteiger partial charge on any atom is 0.309 e. The lowest BCUT2D eigenvalue weighted by Gasteiger charge is -2.16. The summed E-state index contributed by atoms with van der Waals surface area (Å²) in [6.07, 6.45) is 0.950. The first-order valence-electron chi connectivity index (χ1n) is 6.70. The molecule has 18 heavy (non-hydrogen) atoms. The van der Waals surface area contributed by atoms with Crippen LogP contribution in [0.2, 0.25) is 19.6 Å². The summed E-state index contributed by atoms with van der Waals surface area (Å²) in [5.41, 5.74) is 1.29. The monoisotopic (exact) mass is 262 g/mol. The molecule has 0 aromatic heterocycles. The second-order valence-electron chi connectivity index (χ2n) is 6.07. The van der Waals surface area contributed by atoms with Gasteiger partial charge in [0, 0.05) is 0 Å². The van der Waals surface area contributed by atoms with Gasteiger partial charge < -0.3 is 4.74 Å². The molecule has 0 amide bonds. The molecule has 2 rings (SSSR count). The van der Waals surface area contributed by atoms with Crippen LogP contribution < -0.4 is 5.19 Å². The minimum atomic E-state index is -1.21. The van der Waals surface area contributed by atoms with E-state index in [9.17, 15) is 4.79 Å². The Labute approximate surface area is 110 Å². The third kappa shape index (κ3) is 2.83. The Morgan fingerprint density at radius 2 is 1.89 bits per heavy atom. The fourth-order valence-electron chi connectivity index (χ4n) is 2.30. The Morgan fingerprint density at radius 1 is 1.28 bits per heavy atom. The molecule has 98 valence electrons. The van der Waals surface area contributed by atoms with E-state index in [4.69, 9.17) is 4.74 Å². The van der Waals surface area contributed by atoms with E-state index < -0.39 is 8.07 Å². The van der Waals surface area contributed by atoms with Crippen molar-refractivity contribution in [3.05, 3.63) is 29.8 Å². The molecule has 0 spiro atoms. The Hall–Kier alpha value is -1.09. The van der Waals surface area contributed by atoms with Gasteiger partial charge in [-0.1, -0.05) is 49.1 Å². The van der Waals surface area contributed by atoms with E-state index in [2.05, 4.69) is 43.9 Å². The van der Waals surface area contributed by atoms with Crippen molar-refractivity contribution < 1.29 is 9.53 Å². The highest BCUT2D eigenvalue weighted by Gasteiger charge is 2.45. The zero-order valence-corrected chi connectivity index (χ0v) is 12.7. The average molecular weight is 262 g/mol. The largest absolute Gasteiger partial charge is 0.466 e. The lowest BCUT2D eigenvalue weighted by Crippen LogP contribution is -2.37. The van der Waals surface area contributed by atoms with E-state index in [0.717, 1.165) is 6.42 Å². The quantitative estimate of drug-likeness (QED) is 0.616. The van der Waals surface area contributed by atoms with Crippen molar-refractivity contribution in [2.24, 2.45) is 5.92 Å². The molecule has 0 aliphatic heterocycles. The van der Waals surface area contributed by atoms with E-state index in [1.165, 1.54) is 10.8 Å². The maximum atomic E-state index is 11.6. The summed E-state index contributed by atoms with van der Waals surface area (Å²) in [7, 11) is -1.21. The van der Waals surface area contributed by atoms with Crippen LogP contribution >= 0.6 is 0 Å². The standard InChI is InChI=1S/C15H22O2Si/c1-5-17-15(16)14-10-13(14)11-6-8-12(9-7-11)18(2,3)4/h6-9,13-14H,5,10H2,1-4H3. The number of carbonyl (C=O) groups is 1. The Balaban J connectivity index is 2.03. The summed E-state index contributed by atoms with van der Waals surface area (Å²) in [4.78, 5) is 11.6. The Morgan fingerprint density at radius 3 is 2.39 bits per heavy atom. The van der Waals surface area contributed by atoms with E-state index in [0.29, 0.717) is 12.5 Å². The summed E-state index contributed by atoms with van der Waals surface area (Å²) in [6, 6.07) is 8.86. The van der Waals surface area contributed by atoms with E-state index in [1.807, 2.05) is 6.92 Å². The van der Waals surface area contributed by atoms with Gasteiger partial charge in [0.1, 0.15) is 0 Å². The van der Waals surface area contributed by atoms with Gasteiger partial charge in [-0.2, -0.15) is 0 Å². The molecule has 1 aromatic carbocycles. The van der Waals surface area contributed by atoms with Crippen molar-refractivity contribution in [3.8, 4) is 0 Å². The highest BCUT2D eigenvalue weighted by molar-refractivity contribution is 6.88. The van der Waals surface area contributed by atoms with Crippen molar-refractivity contribution in [2.75, 3.05) is 6.61 Å². The van der Waals surface area contributed by atoms with Crippen LogP contribution in [0.25, 0.3) is 0 Å². The first kappa shape index (κ1) is 13.3. The van der Waals surface area contributed by atoms with Gasteiger partial charge in [0.15, 0.2) is 0 Å². The van der Waals surface area contributed by atoms with Crippen LogP contribution in [0, 0.1) is 5.92 Å². The molecule has 0 radical (unpaired) electrons. The summed E-state index contributed by atoms with van der Waals surface area (Å²) >= 11 is 0. The molecule has 1 fully saturated rings. The van der Waals surface area contributed by atoms with Gasteiger partial charge >= 0.3 is 5.97 Å². The van der Waals surface area contributed by atoms with Gasteiger partial charge in [0.25, 0.3) is 0 Å². The van der Waals surface area contributed by atoms with Crippen molar-refractivity contribution in [2.45, 2.75) is 38.9 Å². The Bertz CT molecular complexity index is 431. The predicted molar refractivity (Wildman–Crippen MR) is 76.9 cm³/mol. The molecular weight excluding hydrogens is 240 g/mol. The number of hydrogen-bond donors (Lipinski definition) is 0. The van der Waals surface area contributed by atoms with Gasteiger partial charge in [-0.3, -0.25) is 4.79 Å². The molecule has 1 aliphatic carbocycles. The van der Waals surface area contributed by atoms with Crippen molar-refractivity contribution in [1.29, 1.82) is 0 Å². The topological polar surface area (TPSA) is 26.3 Å². The lowest BCUT2D eigenvalue weighted by atomic mass is 10.1. The minimum absolute atomic E-state index is 0.0308. The number of ether oxygens (including phenoxy) is 1. The van der Waals surface area contributed by atoms with Gasteiger partial charge in [0.05, 0.1) is 20.6 Å². The van der Waals surface area contributed by atoms with E-state index in [1.54, 1.807) is 0 Å². The molecule has 1 aliphatic rings. The smallest absolute Gasteiger partial charge is 0.309 e. The third-order valence-electron chi connectivity index (χ3n) is 3.58. The fourth-order valence-corrected chi connectivity index (χ4v) is 3.47. The molecule has 2 nitrogen and oxygen atoms in total. The average Bonchev–Trinajstić information content (AvgIpc) is 3.08. The van der Waals surface area contributed by atoms with E-state index >= 15 is 0 Å². The van der Waals surface area contributed by atoms with Gasteiger partial charge in [-0.15, -0.1) is 0 Å². The normalized spacial score (nSPS) is 22.7. The van der Waals surface area contributed by atoms with Crippen LogP contribution in [0.1, 0.15) is 24.8 Å². The summed E-state index contributed by atoms with van der Waals surface area (Å²) < 4.78 is 5.06. The lowest BCUT2D eigenvalue weighted by molar-refractivity contribution is -0.144. The number of esters is 1. The van der Waals surface area contributed by atoms with Crippen molar-refractivity contribution in [1.82, 2.24) is 0 Å².